The van der Waals surface area contributed by atoms with Crippen molar-refractivity contribution in [1.29, 1.82) is 0 Å². The Hall–Kier alpha value is -0.860. The fourth-order valence-electron chi connectivity index (χ4n) is 3.84. The zero-order chi connectivity index (χ0) is 15.2. The molecule has 2 aliphatic rings. The van der Waals surface area contributed by atoms with Gasteiger partial charge in [-0.3, -0.25) is 0 Å². The zero-order valence-electron chi connectivity index (χ0n) is 13.9. The fourth-order valence-corrected chi connectivity index (χ4v) is 9.35. The van der Waals surface area contributed by atoms with Crippen LogP contribution in [0.5, 0.6) is 0 Å². The standard InChI is InChI=1S/C13H9.C9H7.3ClH.Hf/c1-3-7-12-10(5-1)9-11-6-2-4-8-13(11)12;1-2-5-9-7-3-6-8(9)4-1;;;;/h1-5,7-8H,9H2;1-7H;3*1H;/q;;;;;+3/p-3. The van der Waals surface area contributed by atoms with Gasteiger partial charge in [0.15, 0.2) is 0 Å². The summed E-state index contributed by atoms with van der Waals surface area (Å²) in [5.74, 6) is 0. The third-order valence-corrected chi connectivity index (χ3v) is 10.7. The minimum Gasteiger partial charge on any atom is -1.00 e. The van der Waals surface area contributed by atoms with Gasteiger partial charge in [-0.05, 0) is 0 Å². The molecule has 0 saturated heterocycles. The van der Waals surface area contributed by atoms with Crippen molar-refractivity contribution in [3.05, 3.63) is 95.1 Å². The molecule has 1 atom stereocenters. The van der Waals surface area contributed by atoms with Crippen LogP contribution >= 0.6 is 0 Å². The van der Waals surface area contributed by atoms with Gasteiger partial charge < -0.3 is 37.2 Å². The number of hydrogen-bond acceptors (Lipinski definition) is 0. The van der Waals surface area contributed by atoms with Gasteiger partial charge >= 0.3 is 149 Å². The molecule has 5 rings (SSSR count). The van der Waals surface area contributed by atoms with Gasteiger partial charge in [-0.15, -0.1) is 0 Å². The second-order valence-electron chi connectivity index (χ2n) is 6.28. The smallest absolute Gasteiger partial charge is 1.00 e. The Morgan fingerprint density at radius 1 is 0.731 bits per heavy atom. The average molecular weight is 565 g/mol. The number of hydrogen-bond donors (Lipinski definition) is 0. The van der Waals surface area contributed by atoms with Crippen LogP contribution in [0.1, 0.15) is 25.9 Å². The molecule has 0 heterocycles. The topological polar surface area (TPSA) is 0 Å². The predicted molar refractivity (Wildman–Crippen MR) is 92.5 cm³/mol. The van der Waals surface area contributed by atoms with Gasteiger partial charge in [-0.25, -0.2) is 0 Å². The molecule has 26 heavy (non-hydrogen) atoms. The molecule has 1 unspecified atom stereocenters. The Morgan fingerprint density at radius 3 is 2.35 bits per heavy atom. The van der Waals surface area contributed by atoms with Crippen LogP contribution in [0, 0.1) is 0 Å². The van der Waals surface area contributed by atoms with E-state index in [1.165, 1.54) is 22.3 Å². The molecule has 0 saturated carbocycles. The summed E-state index contributed by atoms with van der Waals surface area (Å²) in [5.41, 5.74) is 9.05. The van der Waals surface area contributed by atoms with Gasteiger partial charge in [0.2, 0.25) is 0 Å². The maximum absolute atomic E-state index is 2.45. The van der Waals surface area contributed by atoms with Gasteiger partial charge in [0, 0.05) is 0 Å². The van der Waals surface area contributed by atoms with E-state index in [4.69, 9.17) is 0 Å². The summed E-state index contributed by atoms with van der Waals surface area (Å²) in [6.45, 7) is 0. The third kappa shape index (κ3) is 3.60. The molecular formula is C22H16Cl3Hf. The number of fused-ring (bicyclic) bond motifs is 4. The predicted octanol–water partition coefficient (Wildman–Crippen LogP) is -4.25. The molecule has 0 N–H and O–H groups in total. The van der Waals surface area contributed by atoms with E-state index in [0.717, 1.165) is 6.42 Å². The molecule has 0 radical (unpaired) electrons. The second kappa shape index (κ2) is 8.89. The van der Waals surface area contributed by atoms with Crippen LogP contribution in [0.25, 0.3) is 17.2 Å². The van der Waals surface area contributed by atoms with Gasteiger partial charge in [0.25, 0.3) is 0 Å². The minimum atomic E-state index is -0.954. The van der Waals surface area contributed by atoms with Crippen molar-refractivity contribution < 1.29 is 60.1 Å². The van der Waals surface area contributed by atoms with Gasteiger partial charge in [-0.2, -0.15) is 0 Å². The van der Waals surface area contributed by atoms with Crippen molar-refractivity contribution in [3.63, 3.8) is 0 Å². The first kappa shape index (κ1) is 21.4. The average Bonchev–Trinajstić information content (AvgIpc) is 3.17. The summed E-state index contributed by atoms with van der Waals surface area (Å²) in [6, 6.07) is 24.8. The van der Waals surface area contributed by atoms with Crippen LogP contribution in [0.3, 0.4) is 0 Å². The molecule has 3 aromatic carbocycles. The summed E-state index contributed by atoms with van der Waals surface area (Å²) >= 11 is -0.954. The monoisotopic (exact) mass is 565 g/mol. The van der Waals surface area contributed by atoms with E-state index in [1.54, 1.807) is 14.4 Å². The van der Waals surface area contributed by atoms with E-state index in [-0.39, 0.29) is 37.2 Å². The van der Waals surface area contributed by atoms with Crippen LogP contribution in [-0.2, 0) is 29.3 Å². The first-order chi connectivity index (χ1) is 11.4. The molecule has 129 valence electrons. The second-order valence-corrected chi connectivity index (χ2v) is 11.5. The Bertz CT molecular complexity index is 950. The molecule has 0 nitrogen and oxygen atoms in total. The van der Waals surface area contributed by atoms with Gasteiger partial charge in [-0.1, -0.05) is 0 Å². The molecular weight excluding hydrogens is 549 g/mol. The van der Waals surface area contributed by atoms with Gasteiger partial charge in [0.05, 0.1) is 0 Å². The fraction of sp³-hybridized carbons (Fsp3) is 0.0909. The van der Waals surface area contributed by atoms with Crippen LogP contribution in [0.4, 0.5) is 0 Å². The largest absolute Gasteiger partial charge is 1.00 e. The van der Waals surface area contributed by atoms with Crippen molar-refractivity contribution in [2.24, 2.45) is 0 Å². The number of halogens is 3. The Labute approximate surface area is 184 Å². The molecule has 0 aliphatic heterocycles. The molecule has 0 spiro atoms. The molecule has 4 heteroatoms. The Kier molecular flexibility index (Phi) is 7.33. The van der Waals surface area contributed by atoms with Crippen LogP contribution in [0.2, 0.25) is 0 Å². The normalized spacial score (nSPS) is 14.7. The Morgan fingerprint density at radius 2 is 1.46 bits per heavy atom. The van der Waals surface area contributed by atoms with E-state index < -0.39 is 22.9 Å². The Balaban J connectivity index is 0.000000810. The van der Waals surface area contributed by atoms with E-state index in [1.807, 2.05) is 0 Å². The van der Waals surface area contributed by atoms with E-state index >= 15 is 0 Å². The van der Waals surface area contributed by atoms with Crippen LogP contribution in [-0.4, -0.2) is 0 Å². The molecule has 0 amide bonds. The van der Waals surface area contributed by atoms with E-state index in [9.17, 15) is 0 Å². The number of allylic oxidation sites excluding steroid dienone is 1. The number of rotatable bonds is 2. The van der Waals surface area contributed by atoms with Crippen molar-refractivity contribution in [1.82, 2.24) is 0 Å². The minimum absolute atomic E-state index is 0. The first-order valence-corrected chi connectivity index (χ1v) is 12.0. The molecule has 2 aliphatic carbocycles. The molecule has 0 bridgehead atoms. The maximum atomic E-state index is 2.45. The maximum Gasteiger partial charge on any atom is -1.00 e. The van der Waals surface area contributed by atoms with E-state index in [0.29, 0.717) is 3.67 Å². The SMILES string of the molecule is C1=C[CH]([Hf+3][c]2cccc3c2Cc2ccccc2-3)c2ccccc21.[Cl-].[Cl-].[Cl-]. The third-order valence-electron chi connectivity index (χ3n) is 4.96. The molecule has 0 aromatic heterocycles. The molecule has 3 aromatic rings. The summed E-state index contributed by atoms with van der Waals surface area (Å²) in [4.78, 5) is 0. The van der Waals surface area contributed by atoms with Crippen molar-refractivity contribution in [2.75, 3.05) is 0 Å². The number of benzene rings is 3. The zero-order valence-corrected chi connectivity index (χ0v) is 19.8. The summed E-state index contributed by atoms with van der Waals surface area (Å²) in [6.07, 6.45) is 5.91. The first-order valence-electron chi connectivity index (χ1n) is 8.14. The molecule has 0 fully saturated rings. The summed E-state index contributed by atoms with van der Waals surface area (Å²) in [7, 11) is 0. The summed E-state index contributed by atoms with van der Waals surface area (Å²) in [5, 5.41) is 0. The van der Waals surface area contributed by atoms with Gasteiger partial charge in [0.1, 0.15) is 0 Å². The van der Waals surface area contributed by atoms with Crippen molar-refractivity contribution in [3.8, 4) is 11.1 Å². The van der Waals surface area contributed by atoms with Crippen molar-refractivity contribution in [2.45, 2.75) is 10.1 Å². The quantitative estimate of drug-likeness (QED) is 0.217. The van der Waals surface area contributed by atoms with Crippen LogP contribution in [0.15, 0.2) is 72.8 Å². The van der Waals surface area contributed by atoms with Crippen molar-refractivity contribution >= 4 is 9.40 Å². The van der Waals surface area contributed by atoms with E-state index in [2.05, 4.69) is 78.9 Å². The summed E-state index contributed by atoms with van der Waals surface area (Å²) < 4.78 is 2.41. The van der Waals surface area contributed by atoms with Crippen LogP contribution < -0.4 is 40.5 Å².